The lowest BCUT2D eigenvalue weighted by molar-refractivity contribution is 0.0977. The highest BCUT2D eigenvalue weighted by Crippen LogP contribution is 2.38. The van der Waals surface area contributed by atoms with Crippen molar-refractivity contribution in [1.82, 2.24) is 14.7 Å². The highest BCUT2D eigenvalue weighted by Gasteiger charge is 2.20. The van der Waals surface area contributed by atoms with Crippen LogP contribution < -0.4 is 19.5 Å². The lowest BCUT2D eigenvalue weighted by atomic mass is 10.1. The Bertz CT molecular complexity index is 968. The molecule has 7 nitrogen and oxygen atoms in total. The van der Waals surface area contributed by atoms with E-state index in [9.17, 15) is 4.79 Å². The van der Waals surface area contributed by atoms with Gasteiger partial charge in [-0.1, -0.05) is 12.2 Å². The first-order valence-corrected chi connectivity index (χ1v) is 8.86. The van der Waals surface area contributed by atoms with Crippen LogP contribution in [0.3, 0.4) is 0 Å². The smallest absolute Gasteiger partial charge is 0.256 e. The van der Waals surface area contributed by atoms with Gasteiger partial charge in [0, 0.05) is 17.1 Å². The molecule has 0 atom stereocenters. The van der Waals surface area contributed by atoms with Gasteiger partial charge in [-0.2, -0.15) is 0 Å². The zero-order chi connectivity index (χ0) is 18.8. The number of amides is 1. The third-order valence-electron chi connectivity index (χ3n) is 3.81. The summed E-state index contributed by atoms with van der Waals surface area (Å²) < 4.78 is 17.7. The number of ether oxygens (including phenoxy) is 3. The van der Waals surface area contributed by atoms with Crippen molar-refractivity contribution in [3.05, 3.63) is 40.7 Å². The number of methoxy groups -OCH3 is 3. The maximum Gasteiger partial charge on any atom is 0.256 e. The Morgan fingerprint density at radius 2 is 1.85 bits per heavy atom. The second kappa shape index (κ2) is 7.30. The van der Waals surface area contributed by atoms with Gasteiger partial charge >= 0.3 is 0 Å². The Kier molecular flexibility index (Phi) is 5.10. The first-order chi connectivity index (χ1) is 12.5. The molecule has 0 spiro atoms. The van der Waals surface area contributed by atoms with E-state index in [1.165, 1.54) is 32.7 Å². The van der Waals surface area contributed by atoms with Crippen LogP contribution >= 0.6 is 23.6 Å². The summed E-state index contributed by atoms with van der Waals surface area (Å²) in [5, 5.41) is 4.66. The van der Waals surface area contributed by atoms with Crippen molar-refractivity contribution >= 4 is 39.4 Å². The topological polar surface area (TPSA) is 74.1 Å². The number of nitrogens with zero attached hydrogens (tertiary/aromatic N) is 2. The number of carbonyl (C=O) groups is 1. The van der Waals surface area contributed by atoms with Crippen molar-refractivity contribution in [3.8, 4) is 17.2 Å². The molecule has 136 valence electrons. The SMILES string of the molecule is COc1cc(C(=O)NC(=S)c2c(C)nc3sccn23)cc(OC)c1OC. The summed E-state index contributed by atoms with van der Waals surface area (Å²) in [5.74, 6) is 0.826. The van der Waals surface area contributed by atoms with E-state index < -0.39 is 0 Å². The highest BCUT2D eigenvalue weighted by molar-refractivity contribution is 7.80. The van der Waals surface area contributed by atoms with Crippen LogP contribution in [0.5, 0.6) is 17.2 Å². The molecule has 2 aromatic heterocycles. The number of aryl methyl sites for hydroxylation is 1. The molecule has 1 aromatic carbocycles. The molecule has 0 aliphatic heterocycles. The molecule has 0 saturated heterocycles. The maximum absolute atomic E-state index is 12.7. The van der Waals surface area contributed by atoms with Crippen LogP contribution in [-0.4, -0.2) is 41.6 Å². The average molecular weight is 391 g/mol. The average Bonchev–Trinajstić information content (AvgIpc) is 3.19. The van der Waals surface area contributed by atoms with E-state index in [4.69, 9.17) is 26.4 Å². The van der Waals surface area contributed by atoms with Gasteiger partial charge in [0.1, 0.15) is 10.7 Å². The summed E-state index contributed by atoms with van der Waals surface area (Å²) in [5.41, 5.74) is 1.79. The minimum absolute atomic E-state index is 0.298. The number of hydrogen-bond acceptors (Lipinski definition) is 7. The molecule has 0 unspecified atom stereocenters. The number of hydrogen-bond donors (Lipinski definition) is 1. The molecule has 0 aliphatic carbocycles. The molecule has 1 amide bonds. The molecule has 0 aliphatic rings. The second-order valence-corrected chi connectivity index (χ2v) is 6.58. The van der Waals surface area contributed by atoms with Crippen molar-refractivity contribution in [3.63, 3.8) is 0 Å². The lowest BCUT2D eigenvalue weighted by Crippen LogP contribution is -2.31. The Morgan fingerprint density at radius 1 is 1.19 bits per heavy atom. The zero-order valence-corrected chi connectivity index (χ0v) is 16.3. The predicted molar refractivity (Wildman–Crippen MR) is 103 cm³/mol. The van der Waals surface area contributed by atoms with Crippen LogP contribution in [0.2, 0.25) is 0 Å². The van der Waals surface area contributed by atoms with Gasteiger partial charge in [-0.3, -0.25) is 9.20 Å². The first kappa shape index (κ1) is 18.2. The number of thiazole rings is 1. The van der Waals surface area contributed by atoms with Gasteiger partial charge in [-0.25, -0.2) is 4.98 Å². The van der Waals surface area contributed by atoms with Crippen molar-refractivity contribution in [1.29, 1.82) is 0 Å². The largest absolute Gasteiger partial charge is 0.493 e. The van der Waals surface area contributed by atoms with E-state index in [1.807, 2.05) is 22.9 Å². The standard InChI is InChI=1S/C17H17N3O4S2/c1-9-13(20-5-6-26-17(20)18-9)16(25)19-15(21)10-7-11(22-2)14(24-4)12(8-10)23-3/h5-8H,1-4H3,(H,19,21,25). The van der Waals surface area contributed by atoms with Gasteiger partial charge < -0.3 is 19.5 Å². The Balaban J connectivity index is 1.91. The van der Waals surface area contributed by atoms with Crippen LogP contribution in [0.15, 0.2) is 23.7 Å². The van der Waals surface area contributed by atoms with E-state index in [0.29, 0.717) is 33.5 Å². The second-order valence-electron chi connectivity index (χ2n) is 5.30. The lowest BCUT2D eigenvalue weighted by Gasteiger charge is -2.14. The van der Waals surface area contributed by atoms with Crippen LogP contribution in [0.1, 0.15) is 21.7 Å². The zero-order valence-electron chi connectivity index (χ0n) is 14.7. The summed E-state index contributed by atoms with van der Waals surface area (Å²) >= 11 is 6.93. The van der Waals surface area contributed by atoms with Gasteiger partial charge in [0.25, 0.3) is 5.91 Å². The van der Waals surface area contributed by atoms with Crippen molar-refractivity contribution in [2.24, 2.45) is 0 Å². The molecule has 3 rings (SSSR count). The summed E-state index contributed by atoms with van der Waals surface area (Å²) in [6, 6.07) is 3.14. The third-order valence-corrected chi connectivity index (χ3v) is 4.86. The number of imidazole rings is 1. The molecule has 9 heteroatoms. The van der Waals surface area contributed by atoms with Crippen LogP contribution in [0.4, 0.5) is 0 Å². The number of fused-ring (bicyclic) bond motifs is 1. The molecule has 2 heterocycles. The monoisotopic (exact) mass is 391 g/mol. The van der Waals surface area contributed by atoms with Crippen LogP contribution in [0, 0.1) is 6.92 Å². The predicted octanol–water partition coefficient (Wildman–Crippen LogP) is 2.84. The van der Waals surface area contributed by atoms with E-state index in [2.05, 4.69) is 10.3 Å². The molecular formula is C17H17N3O4S2. The molecule has 1 N–H and O–H groups in total. The molecule has 0 bridgehead atoms. The number of rotatable bonds is 5. The number of thiocarbonyl (C=S) groups is 1. The normalized spacial score (nSPS) is 10.6. The molecule has 0 fully saturated rings. The minimum Gasteiger partial charge on any atom is -0.493 e. The summed E-state index contributed by atoms with van der Waals surface area (Å²) in [6.07, 6.45) is 1.87. The van der Waals surface area contributed by atoms with Crippen molar-refractivity contribution in [2.45, 2.75) is 6.92 Å². The number of benzene rings is 1. The quantitative estimate of drug-likeness (QED) is 0.674. The highest BCUT2D eigenvalue weighted by atomic mass is 32.1. The van der Waals surface area contributed by atoms with E-state index in [1.54, 1.807) is 12.1 Å². The number of carbonyl (C=O) groups excluding carboxylic acids is 1. The minimum atomic E-state index is -0.376. The van der Waals surface area contributed by atoms with Crippen molar-refractivity contribution < 1.29 is 19.0 Å². The fraction of sp³-hybridized carbons (Fsp3) is 0.235. The Morgan fingerprint density at radius 3 is 2.42 bits per heavy atom. The van der Waals surface area contributed by atoms with E-state index in [0.717, 1.165) is 10.7 Å². The molecule has 0 radical (unpaired) electrons. The molecule has 26 heavy (non-hydrogen) atoms. The first-order valence-electron chi connectivity index (χ1n) is 7.58. The summed E-state index contributed by atoms with van der Waals surface area (Å²) in [7, 11) is 4.49. The van der Waals surface area contributed by atoms with Gasteiger partial charge in [0.2, 0.25) is 5.75 Å². The Hall–Kier alpha value is -2.65. The molecule has 0 saturated carbocycles. The van der Waals surface area contributed by atoms with Crippen molar-refractivity contribution in [2.75, 3.05) is 21.3 Å². The molecule has 3 aromatic rings. The van der Waals surface area contributed by atoms with Gasteiger partial charge in [-0.05, 0) is 19.1 Å². The fourth-order valence-corrected chi connectivity index (χ4v) is 3.71. The summed E-state index contributed by atoms with van der Waals surface area (Å²) in [4.78, 5) is 18.3. The van der Waals surface area contributed by atoms with E-state index in [-0.39, 0.29) is 5.91 Å². The fourth-order valence-electron chi connectivity index (χ4n) is 2.61. The van der Waals surface area contributed by atoms with Gasteiger partial charge in [0.15, 0.2) is 16.5 Å². The van der Waals surface area contributed by atoms with Crippen LogP contribution in [0.25, 0.3) is 4.96 Å². The Labute approximate surface area is 159 Å². The number of nitrogens with one attached hydrogen (secondary N) is 1. The van der Waals surface area contributed by atoms with Crippen LogP contribution in [-0.2, 0) is 0 Å². The summed E-state index contributed by atoms with van der Waals surface area (Å²) in [6.45, 7) is 1.85. The van der Waals surface area contributed by atoms with Gasteiger partial charge in [0.05, 0.1) is 27.0 Å². The third kappa shape index (κ3) is 3.11. The number of aromatic nitrogens is 2. The molecular weight excluding hydrogens is 374 g/mol. The maximum atomic E-state index is 12.7. The van der Waals surface area contributed by atoms with Gasteiger partial charge in [-0.15, -0.1) is 11.3 Å². The van der Waals surface area contributed by atoms with E-state index >= 15 is 0 Å².